The van der Waals surface area contributed by atoms with E-state index in [1.165, 1.54) is 37.7 Å². The predicted molar refractivity (Wildman–Crippen MR) is 72.3 cm³/mol. The summed E-state index contributed by atoms with van der Waals surface area (Å²) in [5.41, 5.74) is 9.60. The van der Waals surface area contributed by atoms with Crippen molar-refractivity contribution in [2.45, 2.75) is 38.5 Å². The summed E-state index contributed by atoms with van der Waals surface area (Å²) < 4.78 is 5.23. The van der Waals surface area contributed by atoms with Crippen molar-refractivity contribution in [2.75, 3.05) is 12.8 Å². The lowest BCUT2D eigenvalue weighted by Crippen LogP contribution is -1.97. The first-order chi connectivity index (χ1) is 8.29. The van der Waals surface area contributed by atoms with Crippen LogP contribution in [-0.2, 0) is 6.42 Å². The standard InChI is InChI=1S/C15H21NO/c1-17-14-9-10-15(16)13(11-14)8-7-12-5-3-2-4-6-12/h7,9-11H,2-6,8,16H2,1H3. The quantitative estimate of drug-likeness (QED) is 0.635. The van der Waals surface area contributed by atoms with E-state index in [-0.39, 0.29) is 0 Å². The molecule has 17 heavy (non-hydrogen) atoms. The molecule has 2 N–H and O–H groups in total. The zero-order valence-electron chi connectivity index (χ0n) is 10.5. The second-order valence-electron chi connectivity index (χ2n) is 4.69. The largest absolute Gasteiger partial charge is 0.497 e. The topological polar surface area (TPSA) is 35.2 Å². The van der Waals surface area contributed by atoms with Gasteiger partial charge in [-0.05, 0) is 55.9 Å². The number of hydrogen-bond donors (Lipinski definition) is 1. The minimum atomic E-state index is 0.860. The molecule has 0 spiro atoms. The Kier molecular flexibility index (Phi) is 4.08. The van der Waals surface area contributed by atoms with Gasteiger partial charge in [-0.1, -0.05) is 18.1 Å². The van der Waals surface area contributed by atoms with E-state index in [1.54, 1.807) is 12.7 Å². The minimum absolute atomic E-state index is 0.860. The third-order valence-corrected chi connectivity index (χ3v) is 3.46. The number of benzene rings is 1. The molecule has 1 saturated carbocycles. The van der Waals surface area contributed by atoms with Crippen LogP contribution in [0.25, 0.3) is 0 Å². The van der Waals surface area contributed by atoms with Crippen molar-refractivity contribution in [3.8, 4) is 5.75 Å². The maximum atomic E-state index is 5.97. The molecule has 2 heteroatoms. The SMILES string of the molecule is COc1ccc(N)c(CC=C2CCCCC2)c1. The summed E-state index contributed by atoms with van der Waals surface area (Å²) in [7, 11) is 1.69. The molecular formula is C15H21NO. The maximum Gasteiger partial charge on any atom is 0.119 e. The summed E-state index contributed by atoms with van der Waals surface area (Å²) in [6.07, 6.45) is 9.90. The van der Waals surface area contributed by atoms with Gasteiger partial charge in [-0.2, -0.15) is 0 Å². The Morgan fingerprint density at radius 2 is 2.00 bits per heavy atom. The molecule has 1 aliphatic carbocycles. The third-order valence-electron chi connectivity index (χ3n) is 3.46. The van der Waals surface area contributed by atoms with Gasteiger partial charge in [0.05, 0.1) is 7.11 Å². The highest BCUT2D eigenvalue weighted by Gasteiger charge is 2.06. The molecule has 0 amide bonds. The molecule has 2 nitrogen and oxygen atoms in total. The van der Waals surface area contributed by atoms with Crippen LogP contribution in [0.3, 0.4) is 0 Å². The van der Waals surface area contributed by atoms with Gasteiger partial charge >= 0.3 is 0 Å². The molecule has 2 rings (SSSR count). The van der Waals surface area contributed by atoms with E-state index in [4.69, 9.17) is 10.5 Å². The summed E-state index contributed by atoms with van der Waals surface area (Å²) in [4.78, 5) is 0. The van der Waals surface area contributed by atoms with Crippen LogP contribution >= 0.6 is 0 Å². The van der Waals surface area contributed by atoms with E-state index in [2.05, 4.69) is 6.08 Å². The Morgan fingerprint density at radius 1 is 1.24 bits per heavy atom. The van der Waals surface area contributed by atoms with Crippen LogP contribution < -0.4 is 10.5 Å². The molecule has 0 aliphatic heterocycles. The molecular weight excluding hydrogens is 210 g/mol. The van der Waals surface area contributed by atoms with E-state index < -0.39 is 0 Å². The molecule has 1 aromatic rings. The average Bonchev–Trinajstić information content (AvgIpc) is 2.39. The molecule has 1 fully saturated rings. The molecule has 0 heterocycles. The Morgan fingerprint density at radius 3 is 2.71 bits per heavy atom. The number of ether oxygens (including phenoxy) is 1. The van der Waals surface area contributed by atoms with Gasteiger partial charge in [0.1, 0.15) is 5.75 Å². The molecule has 0 aromatic heterocycles. The lowest BCUT2D eigenvalue weighted by molar-refractivity contribution is 0.414. The smallest absolute Gasteiger partial charge is 0.119 e. The van der Waals surface area contributed by atoms with Gasteiger partial charge in [0.25, 0.3) is 0 Å². The van der Waals surface area contributed by atoms with Gasteiger partial charge in [-0.15, -0.1) is 0 Å². The van der Waals surface area contributed by atoms with Crippen molar-refractivity contribution in [3.63, 3.8) is 0 Å². The van der Waals surface area contributed by atoms with Gasteiger partial charge in [-0.3, -0.25) is 0 Å². The summed E-state index contributed by atoms with van der Waals surface area (Å²) in [6, 6.07) is 5.87. The average molecular weight is 231 g/mol. The van der Waals surface area contributed by atoms with Crippen LogP contribution in [0.15, 0.2) is 29.8 Å². The maximum absolute atomic E-state index is 5.97. The van der Waals surface area contributed by atoms with Crippen molar-refractivity contribution >= 4 is 5.69 Å². The summed E-state index contributed by atoms with van der Waals surface area (Å²) in [5, 5.41) is 0. The van der Waals surface area contributed by atoms with Crippen molar-refractivity contribution < 1.29 is 4.74 Å². The Bertz CT molecular complexity index is 401. The van der Waals surface area contributed by atoms with Gasteiger partial charge in [-0.25, -0.2) is 0 Å². The van der Waals surface area contributed by atoms with E-state index in [1.807, 2.05) is 18.2 Å². The first kappa shape index (κ1) is 12.0. The summed E-state index contributed by atoms with van der Waals surface area (Å²) >= 11 is 0. The Hall–Kier alpha value is -1.44. The molecule has 0 unspecified atom stereocenters. The van der Waals surface area contributed by atoms with Gasteiger partial charge < -0.3 is 10.5 Å². The second-order valence-corrected chi connectivity index (χ2v) is 4.69. The Labute approximate surface area is 103 Å². The fourth-order valence-electron chi connectivity index (χ4n) is 2.35. The summed E-state index contributed by atoms with van der Waals surface area (Å²) in [6.45, 7) is 0. The van der Waals surface area contributed by atoms with Gasteiger partial charge in [0, 0.05) is 5.69 Å². The Balaban J connectivity index is 2.06. The predicted octanol–water partition coefficient (Wildman–Crippen LogP) is 3.71. The van der Waals surface area contributed by atoms with E-state index >= 15 is 0 Å². The lowest BCUT2D eigenvalue weighted by atomic mass is 9.93. The zero-order chi connectivity index (χ0) is 12.1. The van der Waals surface area contributed by atoms with E-state index in [9.17, 15) is 0 Å². The highest BCUT2D eigenvalue weighted by atomic mass is 16.5. The van der Waals surface area contributed by atoms with Crippen molar-refractivity contribution in [1.29, 1.82) is 0 Å². The fraction of sp³-hybridized carbons (Fsp3) is 0.467. The number of nitrogen functional groups attached to an aromatic ring is 1. The third kappa shape index (κ3) is 3.26. The molecule has 1 aliphatic rings. The van der Waals surface area contributed by atoms with E-state index in [0.29, 0.717) is 0 Å². The van der Waals surface area contributed by atoms with Gasteiger partial charge in [0.15, 0.2) is 0 Å². The number of allylic oxidation sites excluding steroid dienone is 2. The number of hydrogen-bond acceptors (Lipinski definition) is 2. The number of anilines is 1. The molecule has 0 atom stereocenters. The molecule has 92 valence electrons. The second kappa shape index (κ2) is 5.76. The van der Waals surface area contributed by atoms with Crippen LogP contribution in [0.1, 0.15) is 37.7 Å². The monoisotopic (exact) mass is 231 g/mol. The minimum Gasteiger partial charge on any atom is -0.497 e. The van der Waals surface area contributed by atoms with Crippen LogP contribution in [-0.4, -0.2) is 7.11 Å². The van der Waals surface area contributed by atoms with Crippen LogP contribution in [0.4, 0.5) is 5.69 Å². The molecule has 1 aromatic carbocycles. The molecule has 0 bridgehead atoms. The van der Waals surface area contributed by atoms with Crippen molar-refractivity contribution in [3.05, 3.63) is 35.4 Å². The molecule has 0 radical (unpaired) electrons. The summed E-state index contributed by atoms with van der Waals surface area (Å²) in [5.74, 6) is 0.885. The van der Waals surface area contributed by atoms with Crippen LogP contribution in [0.2, 0.25) is 0 Å². The highest BCUT2D eigenvalue weighted by Crippen LogP contribution is 2.25. The number of rotatable bonds is 3. The normalized spacial score (nSPS) is 15.7. The zero-order valence-corrected chi connectivity index (χ0v) is 10.5. The number of nitrogens with two attached hydrogens (primary N) is 1. The van der Waals surface area contributed by atoms with E-state index in [0.717, 1.165) is 17.9 Å². The highest BCUT2D eigenvalue weighted by molar-refractivity contribution is 5.51. The fourth-order valence-corrected chi connectivity index (χ4v) is 2.35. The van der Waals surface area contributed by atoms with Crippen molar-refractivity contribution in [1.82, 2.24) is 0 Å². The first-order valence-corrected chi connectivity index (χ1v) is 6.40. The van der Waals surface area contributed by atoms with Crippen molar-refractivity contribution in [2.24, 2.45) is 0 Å². The molecule has 0 saturated heterocycles. The van der Waals surface area contributed by atoms with Crippen LogP contribution in [0.5, 0.6) is 5.75 Å². The first-order valence-electron chi connectivity index (χ1n) is 6.40. The number of methoxy groups -OCH3 is 1. The lowest BCUT2D eigenvalue weighted by Gasteiger charge is -2.14. The van der Waals surface area contributed by atoms with Crippen LogP contribution in [0, 0.1) is 0 Å². The van der Waals surface area contributed by atoms with Gasteiger partial charge in [0.2, 0.25) is 0 Å².